The molecule has 3 aromatic carbocycles. The van der Waals surface area contributed by atoms with Crippen molar-refractivity contribution in [2.75, 3.05) is 5.32 Å². The minimum atomic E-state index is -2.04. The molecule has 2 nitrogen and oxygen atoms in total. The SMILES string of the molecule is CC1C(=O)Nc2ccccc2[P+]1(c1ccccc1)c1ccccc1. The van der Waals surface area contributed by atoms with E-state index in [-0.39, 0.29) is 11.6 Å². The molecule has 24 heavy (non-hydrogen) atoms. The van der Waals surface area contributed by atoms with Crippen LogP contribution in [0, 0.1) is 0 Å². The molecule has 1 amide bonds. The number of carbonyl (C=O) groups is 1. The molecule has 4 rings (SSSR count). The second-order valence-corrected chi connectivity index (χ2v) is 9.81. The molecule has 3 aromatic rings. The summed E-state index contributed by atoms with van der Waals surface area (Å²) < 4.78 is 0. The average Bonchev–Trinajstić information content (AvgIpc) is 2.65. The molecule has 0 aromatic heterocycles. The molecule has 1 aliphatic heterocycles. The van der Waals surface area contributed by atoms with Crippen LogP contribution in [0.1, 0.15) is 6.92 Å². The number of para-hydroxylation sites is 1. The van der Waals surface area contributed by atoms with Gasteiger partial charge in [0.2, 0.25) is 0 Å². The monoisotopic (exact) mass is 332 g/mol. The first-order valence-electron chi connectivity index (χ1n) is 8.15. The highest BCUT2D eigenvalue weighted by Crippen LogP contribution is 2.62. The van der Waals surface area contributed by atoms with Gasteiger partial charge in [0.05, 0.1) is 5.69 Å². The quantitative estimate of drug-likeness (QED) is 0.717. The molecule has 0 spiro atoms. The molecule has 1 heterocycles. The van der Waals surface area contributed by atoms with E-state index in [1.165, 1.54) is 15.9 Å². The molecular formula is C21H19NOP+. The van der Waals surface area contributed by atoms with Crippen LogP contribution in [-0.4, -0.2) is 11.6 Å². The molecule has 3 heteroatoms. The van der Waals surface area contributed by atoms with Gasteiger partial charge in [-0.15, -0.1) is 0 Å². The molecule has 0 fully saturated rings. The molecule has 0 aliphatic carbocycles. The second kappa shape index (κ2) is 5.89. The Labute approximate surface area is 142 Å². The molecule has 1 aliphatic rings. The van der Waals surface area contributed by atoms with Crippen molar-refractivity contribution in [3.05, 3.63) is 84.9 Å². The van der Waals surface area contributed by atoms with Gasteiger partial charge < -0.3 is 5.32 Å². The van der Waals surface area contributed by atoms with Gasteiger partial charge in [-0.2, -0.15) is 0 Å². The van der Waals surface area contributed by atoms with Crippen LogP contribution in [0.2, 0.25) is 0 Å². The number of carbonyl (C=O) groups excluding carboxylic acids is 1. The van der Waals surface area contributed by atoms with Gasteiger partial charge in [0.25, 0.3) is 5.91 Å². The third-order valence-electron chi connectivity index (χ3n) is 4.83. The smallest absolute Gasteiger partial charge is 0.266 e. The van der Waals surface area contributed by atoms with Gasteiger partial charge in [0.1, 0.15) is 23.2 Å². The summed E-state index contributed by atoms with van der Waals surface area (Å²) in [6.07, 6.45) is 0. The Kier molecular flexibility index (Phi) is 3.70. The lowest BCUT2D eigenvalue weighted by Crippen LogP contribution is -2.47. The summed E-state index contributed by atoms with van der Waals surface area (Å²) in [5.41, 5.74) is 0.846. The molecule has 1 N–H and O–H groups in total. The zero-order valence-electron chi connectivity index (χ0n) is 13.5. The van der Waals surface area contributed by atoms with E-state index in [2.05, 4.69) is 72.9 Å². The average molecular weight is 332 g/mol. The minimum Gasteiger partial charge on any atom is -0.319 e. The van der Waals surface area contributed by atoms with Crippen LogP contribution in [-0.2, 0) is 4.79 Å². The van der Waals surface area contributed by atoms with Crippen molar-refractivity contribution in [1.29, 1.82) is 0 Å². The normalized spacial score (nSPS) is 18.5. The lowest BCUT2D eigenvalue weighted by Gasteiger charge is -2.36. The number of benzene rings is 3. The van der Waals surface area contributed by atoms with Crippen molar-refractivity contribution >= 4 is 34.8 Å². The van der Waals surface area contributed by atoms with Crippen LogP contribution in [0.5, 0.6) is 0 Å². The van der Waals surface area contributed by atoms with Crippen molar-refractivity contribution in [1.82, 2.24) is 0 Å². The summed E-state index contributed by atoms with van der Waals surface area (Å²) in [5, 5.41) is 6.86. The highest BCUT2D eigenvalue weighted by molar-refractivity contribution is 7.97. The number of fused-ring (bicyclic) bond motifs is 1. The third kappa shape index (κ3) is 2.11. The molecule has 0 saturated heterocycles. The summed E-state index contributed by atoms with van der Waals surface area (Å²) in [6, 6.07) is 29.3. The summed E-state index contributed by atoms with van der Waals surface area (Å²) in [7, 11) is -2.04. The van der Waals surface area contributed by atoms with E-state index in [9.17, 15) is 4.79 Å². The van der Waals surface area contributed by atoms with Crippen molar-refractivity contribution in [3.8, 4) is 0 Å². The molecule has 1 unspecified atom stereocenters. The van der Waals surface area contributed by atoms with E-state index >= 15 is 0 Å². The fraction of sp³-hybridized carbons (Fsp3) is 0.0952. The van der Waals surface area contributed by atoms with E-state index in [4.69, 9.17) is 0 Å². The number of anilines is 1. The van der Waals surface area contributed by atoms with E-state index < -0.39 is 7.26 Å². The topological polar surface area (TPSA) is 29.1 Å². The Morgan fingerprint density at radius 2 is 1.25 bits per heavy atom. The van der Waals surface area contributed by atoms with Gasteiger partial charge in [-0.3, -0.25) is 4.79 Å². The minimum absolute atomic E-state index is 0.0998. The molecule has 0 bridgehead atoms. The number of nitrogens with one attached hydrogen (secondary N) is 1. The van der Waals surface area contributed by atoms with Crippen LogP contribution in [0.25, 0.3) is 0 Å². The summed E-state index contributed by atoms with van der Waals surface area (Å²) in [5.74, 6) is 0.106. The van der Waals surface area contributed by atoms with Crippen LogP contribution in [0.4, 0.5) is 5.69 Å². The fourth-order valence-electron chi connectivity index (χ4n) is 3.71. The van der Waals surface area contributed by atoms with Crippen molar-refractivity contribution in [2.45, 2.75) is 12.6 Å². The first kappa shape index (κ1) is 15.1. The highest BCUT2D eigenvalue weighted by atomic mass is 31.2. The van der Waals surface area contributed by atoms with Gasteiger partial charge in [0.15, 0.2) is 5.66 Å². The Morgan fingerprint density at radius 3 is 1.83 bits per heavy atom. The maximum absolute atomic E-state index is 12.8. The van der Waals surface area contributed by atoms with Gasteiger partial charge in [-0.1, -0.05) is 48.5 Å². The first-order valence-corrected chi connectivity index (χ1v) is 10.0. The lowest BCUT2D eigenvalue weighted by atomic mass is 10.3. The number of hydrogen-bond donors (Lipinski definition) is 1. The maximum atomic E-state index is 12.8. The van der Waals surface area contributed by atoms with E-state index in [0.717, 1.165) is 5.69 Å². The Morgan fingerprint density at radius 1 is 0.750 bits per heavy atom. The molecule has 0 saturated carbocycles. The number of hydrogen-bond acceptors (Lipinski definition) is 1. The van der Waals surface area contributed by atoms with E-state index in [0.29, 0.717) is 0 Å². The Hall–Kier alpha value is -2.44. The molecule has 118 valence electrons. The lowest BCUT2D eigenvalue weighted by molar-refractivity contribution is -0.115. The number of rotatable bonds is 2. The zero-order valence-corrected chi connectivity index (χ0v) is 14.4. The third-order valence-corrected chi connectivity index (χ3v) is 9.60. The van der Waals surface area contributed by atoms with E-state index in [1.54, 1.807) is 0 Å². The van der Waals surface area contributed by atoms with Gasteiger partial charge in [-0.05, 0) is 43.3 Å². The molecular weight excluding hydrogens is 313 g/mol. The van der Waals surface area contributed by atoms with Gasteiger partial charge >= 0.3 is 0 Å². The summed E-state index contributed by atoms with van der Waals surface area (Å²) in [6.45, 7) is 2.07. The maximum Gasteiger partial charge on any atom is 0.266 e. The van der Waals surface area contributed by atoms with Crippen molar-refractivity contribution in [3.63, 3.8) is 0 Å². The predicted molar refractivity (Wildman–Crippen MR) is 103 cm³/mol. The zero-order chi connectivity index (χ0) is 16.6. The molecule has 0 radical (unpaired) electrons. The van der Waals surface area contributed by atoms with Crippen LogP contribution >= 0.6 is 7.26 Å². The highest BCUT2D eigenvalue weighted by Gasteiger charge is 2.57. The summed E-state index contributed by atoms with van der Waals surface area (Å²) >= 11 is 0. The Bertz CT molecular complexity index is 837. The van der Waals surface area contributed by atoms with Gasteiger partial charge in [0, 0.05) is 0 Å². The van der Waals surface area contributed by atoms with Crippen molar-refractivity contribution in [2.24, 2.45) is 0 Å². The standard InChI is InChI=1S/C21H18NOP/c1-16-21(23)22-19-14-8-9-15-20(19)24(16,17-10-4-2-5-11-17)18-12-6-3-7-13-18/h2-16H,1H3/p+1. The largest absolute Gasteiger partial charge is 0.319 e. The van der Waals surface area contributed by atoms with Crippen molar-refractivity contribution < 1.29 is 4.79 Å². The fourth-order valence-corrected chi connectivity index (χ4v) is 8.41. The molecule has 1 atom stereocenters. The van der Waals surface area contributed by atoms with Crippen LogP contribution in [0.15, 0.2) is 84.9 Å². The summed E-state index contributed by atoms with van der Waals surface area (Å²) in [4.78, 5) is 12.8. The number of amides is 1. The Balaban J connectivity index is 2.12. The predicted octanol–water partition coefficient (Wildman–Crippen LogP) is 3.32. The van der Waals surface area contributed by atoms with Crippen LogP contribution in [0.3, 0.4) is 0 Å². The van der Waals surface area contributed by atoms with Crippen LogP contribution < -0.4 is 21.2 Å². The first-order chi connectivity index (χ1) is 11.7. The van der Waals surface area contributed by atoms with Gasteiger partial charge in [-0.25, -0.2) is 0 Å². The second-order valence-electron chi connectivity index (χ2n) is 6.08. The van der Waals surface area contributed by atoms with E-state index in [1.807, 2.05) is 24.3 Å².